The van der Waals surface area contributed by atoms with Crippen LogP contribution in [-0.2, 0) is 4.79 Å². The first-order valence-corrected chi connectivity index (χ1v) is 4.86. The minimum absolute atomic E-state index is 0.0579. The highest BCUT2D eigenvalue weighted by atomic mass is 35.5. The Balaban J connectivity index is 2.10. The molecule has 5 heteroatoms. The number of amides is 3. The van der Waals surface area contributed by atoms with E-state index in [9.17, 15) is 9.59 Å². The van der Waals surface area contributed by atoms with E-state index in [-0.39, 0.29) is 23.2 Å². The second-order valence-corrected chi connectivity index (χ2v) is 4.20. The summed E-state index contributed by atoms with van der Waals surface area (Å²) in [7, 11) is 0. The number of rotatable bonds is 0. The number of halogens is 1. The topological polar surface area (TPSA) is 58.2 Å². The van der Waals surface area contributed by atoms with Gasteiger partial charge in [0.25, 0.3) is 0 Å². The van der Waals surface area contributed by atoms with Gasteiger partial charge in [0, 0.05) is 11.4 Å². The maximum Gasteiger partial charge on any atom is 0.321 e. The van der Waals surface area contributed by atoms with Gasteiger partial charge in [0.1, 0.15) is 0 Å². The van der Waals surface area contributed by atoms with Crippen LogP contribution < -0.4 is 10.6 Å². The maximum absolute atomic E-state index is 11.3. The number of carbonyl (C=O) groups excluding carboxylic acids is 2. The van der Waals surface area contributed by atoms with Crippen LogP contribution in [0.5, 0.6) is 0 Å². The van der Waals surface area contributed by atoms with Gasteiger partial charge in [-0.05, 0) is 19.3 Å². The summed E-state index contributed by atoms with van der Waals surface area (Å²) in [6, 6.07) is -0.450. The molecule has 4 nitrogen and oxygen atoms in total. The van der Waals surface area contributed by atoms with Gasteiger partial charge in [-0.3, -0.25) is 10.1 Å². The zero-order valence-corrected chi connectivity index (χ0v) is 7.80. The molecule has 0 aromatic heterocycles. The Morgan fingerprint density at radius 3 is 2.85 bits per heavy atom. The highest BCUT2D eigenvalue weighted by Gasteiger charge is 2.39. The Labute approximate surface area is 81.0 Å². The molecule has 1 aliphatic heterocycles. The van der Waals surface area contributed by atoms with Gasteiger partial charge in [-0.25, -0.2) is 4.79 Å². The third-order valence-corrected chi connectivity index (χ3v) is 3.07. The molecule has 1 heterocycles. The van der Waals surface area contributed by atoms with Crippen LogP contribution in [0.4, 0.5) is 4.79 Å². The van der Waals surface area contributed by atoms with Crippen molar-refractivity contribution in [3.63, 3.8) is 0 Å². The Morgan fingerprint density at radius 1 is 1.31 bits per heavy atom. The summed E-state index contributed by atoms with van der Waals surface area (Å²) in [5.74, 6) is -0.231. The van der Waals surface area contributed by atoms with E-state index in [1.807, 2.05) is 0 Å². The lowest BCUT2D eigenvalue weighted by molar-refractivity contribution is -0.126. The zero-order chi connectivity index (χ0) is 9.42. The first-order valence-electron chi connectivity index (χ1n) is 4.42. The molecule has 1 saturated heterocycles. The number of hydrogen-bond acceptors (Lipinski definition) is 2. The molecule has 3 atom stereocenters. The van der Waals surface area contributed by atoms with E-state index in [2.05, 4.69) is 10.6 Å². The van der Waals surface area contributed by atoms with E-state index in [1.54, 1.807) is 0 Å². The molecule has 1 saturated carbocycles. The lowest BCUT2D eigenvalue weighted by Crippen LogP contribution is -2.60. The number of urea groups is 1. The van der Waals surface area contributed by atoms with Crippen molar-refractivity contribution in [1.29, 1.82) is 0 Å². The monoisotopic (exact) mass is 202 g/mol. The molecule has 0 spiro atoms. The van der Waals surface area contributed by atoms with Gasteiger partial charge in [0.05, 0.1) is 5.92 Å². The van der Waals surface area contributed by atoms with E-state index in [0.717, 1.165) is 12.8 Å². The van der Waals surface area contributed by atoms with Gasteiger partial charge in [-0.2, -0.15) is 0 Å². The molecule has 13 heavy (non-hydrogen) atoms. The summed E-state index contributed by atoms with van der Waals surface area (Å²) >= 11 is 5.95. The second-order valence-electron chi connectivity index (χ2n) is 3.59. The molecule has 3 amide bonds. The van der Waals surface area contributed by atoms with E-state index < -0.39 is 6.03 Å². The standard InChI is InChI=1S/C8H11ClN2O2/c9-4-1-2-5-6(3-4)10-8(13)11-7(5)12/h4-6H,1-3H2,(H2,10,11,12,13). The predicted molar refractivity (Wildman–Crippen MR) is 47.4 cm³/mol. The SMILES string of the molecule is O=C1NC(=O)C2CCC(Cl)CC2N1. The van der Waals surface area contributed by atoms with Crippen molar-refractivity contribution in [2.45, 2.75) is 30.7 Å². The zero-order valence-electron chi connectivity index (χ0n) is 7.05. The van der Waals surface area contributed by atoms with Crippen LogP contribution in [0.25, 0.3) is 0 Å². The largest absolute Gasteiger partial charge is 0.334 e. The Hall–Kier alpha value is -0.770. The summed E-state index contributed by atoms with van der Waals surface area (Å²) in [6.07, 6.45) is 2.32. The predicted octanol–water partition coefficient (Wildman–Crippen LogP) is 0.602. The average molecular weight is 203 g/mol. The summed E-state index contributed by atoms with van der Waals surface area (Å²) in [4.78, 5) is 22.3. The third kappa shape index (κ3) is 1.63. The molecule has 1 aliphatic carbocycles. The normalized spacial score (nSPS) is 39.0. The van der Waals surface area contributed by atoms with Gasteiger partial charge in [0.2, 0.25) is 5.91 Å². The highest BCUT2D eigenvalue weighted by molar-refractivity contribution is 6.20. The Bertz CT molecular complexity index is 257. The molecule has 72 valence electrons. The van der Waals surface area contributed by atoms with E-state index in [1.165, 1.54) is 0 Å². The molecule has 2 N–H and O–H groups in total. The lowest BCUT2D eigenvalue weighted by Gasteiger charge is -2.36. The Kier molecular flexibility index (Phi) is 2.15. The molecular formula is C8H11ClN2O2. The van der Waals surface area contributed by atoms with E-state index in [0.29, 0.717) is 6.42 Å². The number of hydrogen-bond donors (Lipinski definition) is 2. The molecule has 0 bridgehead atoms. The first kappa shape index (κ1) is 8.81. The average Bonchev–Trinajstić information content (AvgIpc) is 2.02. The van der Waals surface area contributed by atoms with Crippen LogP contribution in [0.2, 0.25) is 0 Å². The van der Waals surface area contributed by atoms with Crippen molar-refractivity contribution in [3.8, 4) is 0 Å². The molecular weight excluding hydrogens is 192 g/mol. The minimum atomic E-state index is -0.392. The molecule has 0 radical (unpaired) electrons. The van der Waals surface area contributed by atoms with Gasteiger partial charge >= 0.3 is 6.03 Å². The fourth-order valence-electron chi connectivity index (χ4n) is 2.00. The van der Waals surface area contributed by atoms with Crippen molar-refractivity contribution >= 4 is 23.5 Å². The van der Waals surface area contributed by atoms with Crippen molar-refractivity contribution in [3.05, 3.63) is 0 Å². The molecule has 2 rings (SSSR count). The number of carbonyl (C=O) groups is 2. The van der Waals surface area contributed by atoms with Gasteiger partial charge in [0.15, 0.2) is 0 Å². The van der Waals surface area contributed by atoms with Gasteiger partial charge in [-0.1, -0.05) is 0 Å². The summed E-state index contributed by atoms with van der Waals surface area (Å²) in [5, 5.41) is 5.08. The Morgan fingerprint density at radius 2 is 2.08 bits per heavy atom. The van der Waals surface area contributed by atoms with Crippen LogP contribution in [0.1, 0.15) is 19.3 Å². The third-order valence-electron chi connectivity index (χ3n) is 2.68. The van der Waals surface area contributed by atoms with E-state index in [4.69, 9.17) is 11.6 Å². The van der Waals surface area contributed by atoms with Crippen molar-refractivity contribution in [2.75, 3.05) is 0 Å². The van der Waals surface area contributed by atoms with Crippen LogP contribution in [0, 0.1) is 5.92 Å². The van der Waals surface area contributed by atoms with Crippen molar-refractivity contribution in [2.24, 2.45) is 5.92 Å². The maximum atomic E-state index is 11.3. The number of alkyl halides is 1. The molecule has 2 fully saturated rings. The van der Waals surface area contributed by atoms with Gasteiger partial charge < -0.3 is 5.32 Å². The number of fused-ring (bicyclic) bond motifs is 1. The fourth-order valence-corrected chi connectivity index (χ4v) is 2.32. The lowest BCUT2D eigenvalue weighted by atomic mass is 9.82. The summed E-state index contributed by atoms with van der Waals surface area (Å²) in [6.45, 7) is 0. The van der Waals surface area contributed by atoms with Crippen molar-refractivity contribution < 1.29 is 9.59 Å². The van der Waals surface area contributed by atoms with Crippen LogP contribution >= 0.6 is 11.6 Å². The smallest absolute Gasteiger partial charge is 0.321 e. The number of nitrogens with one attached hydrogen (secondary N) is 2. The van der Waals surface area contributed by atoms with Crippen LogP contribution in [0.15, 0.2) is 0 Å². The van der Waals surface area contributed by atoms with Crippen molar-refractivity contribution in [1.82, 2.24) is 10.6 Å². The summed E-state index contributed by atoms with van der Waals surface area (Å²) in [5.41, 5.74) is 0. The molecule has 2 aliphatic rings. The first-order chi connectivity index (χ1) is 6.16. The second kappa shape index (κ2) is 3.18. The quantitative estimate of drug-likeness (QED) is 0.566. The molecule has 3 unspecified atom stereocenters. The molecule has 0 aromatic rings. The van der Waals surface area contributed by atoms with Crippen LogP contribution in [0.3, 0.4) is 0 Å². The molecule has 0 aromatic carbocycles. The highest BCUT2D eigenvalue weighted by Crippen LogP contribution is 2.29. The summed E-state index contributed by atoms with van der Waals surface area (Å²) < 4.78 is 0. The van der Waals surface area contributed by atoms with Crippen LogP contribution in [-0.4, -0.2) is 23.4 Å². The minimum Gasteiger partial charge on any atom is -0.334 e. The van der Waals surface area contributed by atoms with Gasteiger partial charge in [-0.15, -0.1) is 11.6 Å². The fraction of sp³-hybridized carbons (Fsp3) is 0.750. The van der Waals surface area contributed by atoms with E-state index >= 15 is 0 Å². The number of imide groups is 1.